The molecule has 0 spiro atoms. The third kappa shape index (κ3) is 2.36. The summed E-state index contributed by atoms with van der Waals surface area (Å²) in [5.74, 6) is 1.99. The summed E-state index contributed by atoms with van der Waals surface area (Å²) in [5.41, 5.74) is 0.760. The quantitative estimate of drug-likeness (QED) is 0.367. The first-order valence-corrected chi connectivity index (χ1v) is 5.19. The number of hydrogen-bond donors (Lipinski definition) is 1. The van der Waals surface area contributed by atoms with Crippen molar-refractivity contribution in [2.75, 3.05) is 0 Å². The predicted octanol–water partition coefficient (Wildman–Crippen LogP) is 1.95. The normalized spacial score (nSPS) is 9.41. The van der Waals surface area contributed by atoms with Crippen molar-refractivity contribution < 1.29 is 9.36 Å². The van der Waals surface area contributed by atoms with Crippen LogP contribution in [-0.2, 0) is 0 Å². The summed E-state index contributed by atoms with van der Waals surface area (Å²) < 4.78 is 1.59. The van der Waals surface area contributed by atoms with E-state index < -0.39 is 0 Å². The predicted molar refractivity (Wildman–Crippen MR) is 64.8 cm³/mol. The highest BCUT2D eigenvalue weighted by Crippen LogP contribution is 2.05. The molecule has 1 aromatic carbocycles. The summed E-state index contributed by atoms with van der Waals surface area (Å²) in [4.78, 5) is 12.1. The van der Waals surface area contributed by atoms with Crippen molar-refractivity contribution in [2.45, 2.75) is 0 Å². The first-order valence-electron chi connectivity index (χ1n) is 5.19. The number of carbonyl (C=O) groups excluding carboxylic acids is 1. The molecule has 3 heteroatoms. The molecule has 1 N–H and O–H groups in total. The Kier molecular flexibility index (Phi) is 3.24. The van der Waals surface area contributed by atoms with Crippen molar-refractivity contribution in [3.63, 3.8) is 0 Å². The van der Waals surface area contributed by atoms with E-state index in [1.165, 1.54) is 0 Å². The number of benzene rings is 1. The SMILES string of the molecule is N=C=C(C(=O)c1ccccc1)[n+]1ccccc1. The maximum atomic E-state index is 12.1. The van der Waals surface area contributed by atoms with Gasteiger partial charge in [0.1, 0.15) is 0 Å². The average Bonchev–Trinajstić information content (AvgIpc) is 2.42. The first kappa shape index (κ1) is 11.0. The minimum atomic E-state index is -0.211. The van der Waals surface area contributed by atoms with Crippen molar-refractivity contribution in [1.29, 1.82) is 5.41 Å². The Morgan fingerprint density at radius 2 is 1.59 bits per heavy atom. The van der Waals surface area contributed by atoms with E-state index in [4.69, 9.17) is 5.41 Å². The van der Waals surface area contributed by atoms with E-state index in [0.29, 0.717) is 5.56 Å². The lowest BCUT2D eigenvalue weighted by Gasteiger charge is -1.97. The average molecular weight is 223 g/mol. The minimum absolute atomic E-state index is 0.205. The van der Waals surface area contributed by atoms with Crippen LogP contribution in [0.4, 0.5) is 0 Å². The van der Waals surface area contributed by atoms with Gasteiger partial charge in [-0.25, -0.2) is 0 Å². The van der Waals surface area contributed by atoms with Crippen LogP contribution in [0.15, 0.2) is 60.9 Å². The molecule has 0 atom stereocenters. The number of aromatic nitrogens is 1. The summed E-state index contributed by atoms with van der Waals surface area (Å²) in [6, 6.07) is 14.3. The molecule has 0 amide bonds. The largest absolute Gasteiger partial charge is 0.321 e. The van der Waals surface area contributed by atoms with E-state index in [9.17, 15) is 4.79 Å². The zero-order valence-electron chi connectivity index (χ0n) is 9.13. The van der Waals surface area contributed by atoms with Crippen molar-refractivity contribution in [2.24, 2.45) is 0 Å². The maximum absolute atomic E-state index is 12.1. The molecule has 0 aliphatic rings. The molecule has 0 saturated carbocycles. The van der Waals surface area contributed by atoms with Gasteiger partial charge in [0.2, 0.25) is 0 Å². The topological polar surface area (TPSA) is 44.8 Å². The van der Waals surface area contributed by atoms with Crippen molar-refractivity contribution >= 4 is 17.4 Å². The van der Waals surface area contributed by atoms with Gasteiger partial charge in [0.15, 0.2) is 12.4 Å². The third-order valence-electron chi connectivity index (χ3n) is 2.34. The maximum Gasteiger partial charge on any atom is 0.321 e. The van der Waals surface area contributed by atoms with Gasteiger partial charge in [0, 0.05) is 17.7 Å². The number of pyridine rings is 1. The van der Waals surface area contributed by atoms with Crippen LogP contribution >= 0.6 is 0 Å². The zero-order chi connectivity index (χ0) is 12.1. The lowest BCUT2D eigenvalue weighted by atomic mass is 10.1. The molecule has 2 rings (SSSR count). The van der Waals surface area contributed by atoms with Crippen LogP contribution in [-0.4, -0.2) is 11.7 Å². The molecule has 1 aromatic heterocycles. The second-order valence-electron chi connectivity index (χ2n) is 3.45. The van der Waals surface area contributed by atoms with Gasteiger partial charge < -0.3 is 0 Å². The number of allylic oxidation sites excluding steroid dienone is 1. The van der Waals surface area contributed by atoms with Gasteiger partial charge in [-0.1, -0.05) is 36.4 Å². The number of nitrogens with zero attached hydrogens (tertiary/aromatic N) is 1. The molecule has 17 heavy (non-hydrogen) atoms. The van der Waals surface area contributed by atoms with Crippen LogP contribution in [0.1, 0.15) is 10.4 Å². The Hall–Kier alpha value is -2.51. The second kappa shape index (κ2) is 5.01. The molecule has 2 aromatic rings. The Balaban J connectivity index is 2.40. The van der Waals surface area contributed by atoms with Gasteiger partial charge in [-0.3, -0.25) is 10.2 Å². The number of nitrogens with one attached hydrogen (secondary N) is 1. The first-order chi connectivity index (χ1) is 8.33. The van der Waals surface area contributed by atoms with Crippen LogP contribution in [0.25, 0.3) is 5.70 Å². The standard InChI is InChI=1S/C14H11N2O/c15-11-13(16-9-5-2-6-10-16)14(17)12-7-3-1-4-8-12/h1-10,15H/q+1. The smallest absolute Gasteiger partial charge is 0.281 e. The summed E-state index contributed by atoms with van der Waals surface area (Å²) in [6.07, 6.45) is 3.44. The Morgan fingerprint density at radius 3 is 2.18 bits per heavy atom. The zero-order valence-corrected chi connectivity index (χ0v) is 9.13. The van der Waals surface area contributed by atoms with Gasteiger partial charge in [-0.05, 0) is 0 Å². The summed E-state index contributed by atoms with van der Waals surface area (Å²) >= 11 is 0. The van der Waals surface area contributed by atoms with Crippen molar-refractivity contribution in [3.05, 3.63) is 66.5 Å². The fraction of sp³-hybridized carbons (Fsp3) is 0. The molecular weight excluding hydrogens is 212 g/mol. The lowest BCUT2D eigenvalue weighted by Crippen LogP contribution is -2.35. The number of carbonyl (C=O) groups is 1. The molecule has 82 valence electrons. The van der Waals surface area contributed by atoms with Crippen LogP contribution < -0.4 is 4.57 Å². The fourth-order valence-corrected chi connectivity index (χ4v) is 1.51. The summed E-state index contributed by atoms with van der Waals surface area (Å²) in [7, 11) is 0. The lowest BCUT2D eigenvalue weighted by molar-refractivity contribution is -0.575. The Labute approximate surface area is 99.2 Å². The molecule has 1 heterocycles. The van der Waals surface area contributed by atoms with Gasteiger partial charge >= 0.3 is 5.70 Å². The van der Waals surface area contributed by atoms with Crippen molar-refractivity contribution in [1.82, 2.24) is 0 Å². The number of ketones is 1. The van der Waals surface area contributed by atoms with Gasteiger partial charge in [0.25, 0.3) is 5.78 Å². The van der Waals surface area contributed by atoms with Gasteiger partial charge in [0.05, 0.1) is 5.87 Å². The molecule has 0 unspecified atom stereocenters. The van der Waals surface area contributed by atoms with Crippen molar-refractivity contribution in [3.8, 4) is 0 Å². The highest BCUT2D eigenvalue weighted by atomic mass is 16.1. The molecule has 0 saturated heterocycles. The molecule has 0 bridgehead atoms. The fourth-order valence-electron chi connectivity index (χ4n) is 1.51. The minimum Gasteiger partial charge on any atom is -0.281 e. The molecule has 0 radical (unpaired) electrons. The molecule has 3 nitrogen and oxygen atoms in total. The highest BCUT2D eigenvalue weighted by molar-refractivity contribution is 6.27. The second-order valence-corrected chi connectivity index (χ2v) is 3.45. The van der Waals surface area contributed by atoms with Crippen LogP contribution in [0.2, 0.25) is 0 Å². The van der Waals surface area contributed by atoms with Crippen LogP contribution in [0, 0.1) is 5.41 Å². The third-order valence-corrected chi connectivity index (χ3v) is 2.34. The van der Waals surface area contributed by atoms with E-state index >= 15 is 0 Å². The summed E-state index contributed by atoms with van der Waals surface area (Å²) in [6.45, 7) is 0. The number of Topliss-reactive ketones (excluding diaryl/α,β-unsaturated/α-hetero) is 1. The van der Waals surface area contributed by atoms with Crippen LogP contribution in [0.3, 0.4) is 0 Å². The van der Waals surface area contributed by atoms with Gasteiger partial charge in [-0.2, -0.15) is 4.57 Å². The van der Waals surface area contributed by atoms with Crippen LogP contribution in [0.5, 0.6) is 0 Å². The van der Waals surface area contributed by atoms with E-state index in [1.807, 2.05) is 12.1 Å². The number of hydrogen-bond acceptors (Lipinski definition) is 2. The Bertz CT molecular complexity index is 570. The highest BCUT2D eigenvalue weighted by Gasteiger charge is 2.21. The van der Waals surface area contributed by atoms with E-state index in [-0.39, 0.29) is 11.5 Å². The monoisotopic (exact) mass is 223 g/mol. The molecule has 0 aliphatic carbocycles. The molecular formula is C14H11N2O+. The molecule has 0 fully saturated rings. The van der Waals surface area contributed by atoms with E-state index in [0.717, 1.165) is 0 Å². The summed E-state index contributed by atoms with van der Waals surface area (Å²) in [5, 5.41) is 7.25. The molecule has 0 aliphatic heterocycles. The Morgan fingerprint density at radius 1 is 1.00 bits per heavy atom. The number of rotatable bonds is 3. The van der Waals surface area contributed by atoms with E-state index in [2.05, 4.69) is 5.87 Å². The van der Waals surface area contributed by atoms with E-state index in [1.54, 1.807) is 53.4 Å². The van der Waals surface area contributed by atoms with Gasteiger partial charge in [-0.15, -0.1) is 0 Å².